The zero-order valence-corrected chi connectivity index (χ0v) is 22.1. The van der Waals surface area contributed by atoms with Gasteiger partial charge >= 0.3 is 6.18 Å². The summed E-state index contributed by atoms with van der Waals surface area (Å²) >= 11 is 0. The van der Waals surface area contributed by atoms with Crippen molar-refractivity contribution in [1.29, 1.82) is 5.26 Å². The molecule has 2 saturated heterocycles. The highest BCUT2D eigenvalue weighted by molar-refractivity contribution is 5.93. The molecule has 1 aliphatic carbocycles. The Kier molecular flexibility index (Phi) is 8.15. The van der Waals surface area contributed by atoms with Crippen LogP contribution in [0, 0.1) is 34.2 Å². The number of hydrogen-bond donors (Lipinski definition) is 2. The van der Waals surface area contributed by atoms with Gasteiger partial charge in [0.25, 0.3) is 5.91 Å². The minimum absolute atomic E-state index is 0.150. The maximum atomic E-state index is 15.2. The van der Waals surface area contributed by atoms with E-state index in [4.69, 9.17) is 4.84 Å². The van der Waals surface area contributed by atoms with E-state index in [1.807, 2.05) is 7.05 Å². The number of rotatable bonds is 5. The smallest absolute Gasteiger partial charge is 0.417 e. The third-order valence-corrected chi connectivity index (χ3v) is 8.75. The van der Waals surface area contributed by atoms with Crippen LogP contribution in [0.5, 0.6) is 0 Å². The van der Waals surface area contributed by atoms with Gasteiger partial charge in [0.2, 0.25) is 0 Å². The molecular weight excluding hydrogens is 528 g/mol. The topological polar surface area (TPSA) is 92.9 Å². The fourth-order valence-corrected chi connectivity index (χ4v) is 6.75. The first-order chi connectivity index (χ1) is 19.1. The van der Waals surface area contributed by atoms with Crippen molar-refractivity contribution in [3.05, 3.63) is 75.2 Å². The monoisotopic (exact) mass is 560 g/mol. The van der Waals surface area contributed by atoms with Crippen molar-refractivity contribution in [2.45, 2.75) is 62.9 Å². The molecule has 3 fully saturated rings. The predicted molar refractivity (Wildman–Crippen MR) is 137 cm³/mol. The molecule has 2 aliphatic heterocycles. The number of nitriles is 1. The van der Waals surface area contributed by atoms with Crippen LogP contribution in [-0.4, -0.2) is 37.0 Å². The number of carbonyl (C=O) groups is 1. The first-order valence-corrected chi connectivity index (χ1v) is 13.7. The number of alkyl halides is 3. The molecular formula is C29H32F4N4O3. The highest BCUT2D eigenvalue weighted by atomic mass is 19.4. The molecule has 2 aromatic carbocycles. The number of benzene rings is 2. The highest BCUT2D eigenvalue weighted by Crippen LogP contribution is 2.48. The van der Waals surface area contributed by atoms with E-state index in [1.165, 1.54) is 18.2 Å². The van der Waals surface area contributed by atoms with Gasteiger partial charge in [-0.1, -0.05) is 25.0 Å². The highest BCUT2D eigenvalue weighted by Gasteiger charge is 2.52. The molecule has 0 spiro atoms. The SMILES string of the molecule is CN1CCC(ONC(=O)c2ccc(C3C4CCCCC4C(c4ccc(C#N)c(C(F)(F)F)c4)[NH+]3[O-])cc2F)CC1. The molecule has 2 heterocycles. The lowest BCUT2D eigenvalue weighted by molar-refractivity contribution is -0.902. The fourth-order valence-electron chi connectivity index (χ4n) is 6.75. The van der Waals surface area contributed by atoms with Crippen molar-refractivity contribution in [2.24, 2.45) is 11.8 Å². The maximum Gasteiger partial charge on any atom is 0.417 e. The van der Waals surface area contributed by atoms with Gasteiger partial charge in [0.15, 0.2) is 0 Å². The molecule has 1 amide bonds. The summed E-state index contributed by atoms with van der Waals surface area (Å²) in [4.78, 5) is 20.3. The van der Waals surface area contributed by atoms with Crippen LogP contribution in [0.3, 0.4) is 0 Å². The third-order valence-electron chi connectivity index (χ3n) is 8.75. The number of fused-ring (bicyclic) bond motifs is 1. The van der Waals surface area contributed by atoms with Gasteiger partial charge in [-0.3, -0.25) is 9.63 Å². The first kappa shape index (κ1) is 28.5. The van der Waals surface area contributed by atoms with Gasteiger partial charge in [0.1, 0.15) is 17.9 Å². The van der Waals surface area contributed by atoms with Crippen molar-refractivity contribution >= 4 is 5.91 Å². The molecule has 214 valence electrons. The van der Waals surface area contributed by atoms with Gasteiger partial charge in [-0.05, 0) is 57.0 Å². The van der Waals surface area contributed by atoms with Gasteiger partial charge in [-0.2, -0.15) is 18.4 Å². The average Bonchev–Trinajstić information content (AvgIpc) is 3.23. The van der Waals surface area contributed by atoms with Crippen LogP contribution in [0.25, 0.3) is 0 Å². The Morgan fingerprint density at radius 2 is 1.65 bits per heavy atom. The van der Waals surface area contributed by atoms with Crippen LogP contribution in [0.15, 0.2) is 36.4 Å². The van der Waals surface area contributed by atoms with Crippen molar-refractivity contribution in [3.63, 3.8) is 0 Å². The fraction of sp³-hybridized carbons (Fsp3) is 0.517. The van der Waals surface area contributed by atoms with Crippen LogP contribution in [0.1, 0.15) is 83.2 Å². The Morgan fingerprint density at radius 1 is 1.05 bits per heavy atom. The van der Waals surface area contributed by atoms with Crippen LogP contribution in [-0.2, 0) is 11.0 Å². The van der Waals surface area contributed by atoms with Crippen LogP contribution < -0.4 is 10.5 Å². The summed E-state index contributed by atoms with van der Waals surface area (Å²) in [6, 6.07) is 7.68. The number of hydroxylamine groups is 3. The number of nitrogens with one attached hydrogen (secondary N) is 2. The second-order valence-electron chi connectivity index (χ2n) is 11.2. The zero-order chi connectivity index (χ0) is 28.6. The van der Waals surface area contributed by atoms with Crippen molar-refractivity contribution < 1.29 is 32.3 Å². The average molecular weight is 561 g/mol. The lowest BCUT2D eigenvalue weighted by atomic mass is 9.73. The number of quaternary nitrogens is 1. The van der Waals surface area contributed by atoms with Gasteiger partial charge in [0.05, 0.1) is 28.9 Å². The summed E-state index contributed by atoms with van der Waals surface area (Å²) in [6.07, 6.45) is -0.292. The number of likely N-dealkylation sites (tertiary alicyclic amines) is 1. The standard InChI is InChI=1S/C29H32F4N4O3/c1-36-12-10-20(11-13-36)40-35-28(38)23-9-8-18(15-25(23)30)27-22-5-3-2-4-21(22)26(37(27)39)17-6-7-19(16-34)24(14-17)29(31,32)33/h6-9,14-15,20-22,26-27,37H,2-5,10-13H2,1H3,(H,35,38). The normalized spacial score (nSPS) is 27.7. The number of piperidine rings is 1. The van der Waals surface area contributed by atoms with E-state index in [1.54, 1.807) is 12.1 Å². The lowest BCUT2D eigenvalue weighted by Crippen LogP contribution is -3.06. The van der Waals surface area contributed by atoms with Crippen molar-refractivity contribution in [1.82, 2.24) is 10.4 Å². The summed E-state index contributed by atoms with van der Waals surface area (Å²) in [5.74, 6) is -1.84. The van der Waals surface area contributed by atoms with E-state index >= 15 is 4.39 Å². The second kappa shape index (κ2) is 11.4. The van der Waals surface area contributed by atoms with E-state index in [2.05, 4.69) is 10.4 Å². The van der Waals surface area contributed by atoms with E-state index in [0.717, 1.165) is 50.9 Å². The second-order valence-corrected chi connectivity index (χ2v) is 11.2. The molecule has 0 bridgehead atoms. The molecule has 2 N–H and O–H groups in total. The first-order valence-electron chi connectivity index (χ1n) is 13.7. The Labute approximate surface area is 230 Å². The summed E-state index contributed by atoms with van der Waals surface area (Å²) in [5.41, 5.74) is 1.24. The van der Waals surface area contributed by atoms with E-state index in [-0.39, 0.29) is 34.1 Å². The molecule has 0 radical (unpaired) electrons. The van der Waals surface area contributed by atoms with Gasteiger partial charge in [-0.15, -0.1) is 0 Å². The minimum Gasteiger partial charge on any atom is -0.633 e. The van der Waals surface area contributed by atoms with Crippen molar-refractivity contribution in [3.8, 4) is 6.07 Å². The summed E-state index contributed by atoms with van der Waals surface area (Å²) < 4.78 is 56.2. The molecule has 2 aromatic rings. The van der Waals surface area contributed by atoms with Crippen molar-refractivity contribution in [2.75, 3.05) is 20.1 Å². The Bertz CT molecular complexity index is 1290. The largest absolute Gasteiger partial charge is 0.633 e. The molecule has 5 unspecified atom stereocenters. The van der Waals surface area contributed by atoms with E-state index in [0.29, 0.717) is 18.4 Å². The zero-order valence-electron chi connectivity index (χ0n) is 22.1. The molecule has 5 atom stereocenters. The molecule has 40 heavy (non-hydrogen) atoms. The van der Waals surface area contributed by atoms with E-state index < -0.39 is 41.1 Å². The van der Waals surface area contributed by atoms with Crippen LogP contribution >= 0.6 is 0 Å². The molecule has 7 nitrogen and oxygen atoms in total. The number of amides is 1. The van der Waals surface area contributed by atoms with Gasteiger partial charge in [-0.25, -0.2) is 9.87 Å². The Morgan fingerprint density at radius 3 is 2.23 bits per heavy atom. The molecule has 1 saturated carbocycles. The third kappa shape index (κ3) is 5.59. The summed E-state index contributed by atoms with van der Waals surface area (Å²) in [6.45, 7) is 1.67. The van der Waals surface area contributed by atoms with Crippen LogP contribution in [0.2, 0.25) is 0 Å². The molecule has 3 aliphatic rings. The van der Waals surface area contributed by atoms with Gasteiger partial charge in [0, 0.05) is 36.1 Å². The molecule has 11 heteroatoms. The molecule has 0 aromatic heterocycles. The van der Waals surface area contributed by atoms with Gasteiger partial charge < -0.3 is 15.2 Å². The predicted octanol–water partition coefficient (Wildman–Crippen LogP) is 4.46. The minimum atomic E-state index is -4.73. The Balaban J connectivity index is 1.38. The number of halogens is 4. The maximum absolute atomic E-state index is 15.2. The van der Waals surface area contributed by atoms with Crippen LogP contribution in [0.4, 0.5) is 17.6 Å². The lowest BCUT2D eigenvalue weighted by Gasteiger charge is -2.32. The molecule has 5 rings (SSSR count). The quantitative estimate of drug-likeness (QED) is 0.320. The summed E-state index contributed by atoms with van der Waals surface area (Å²) in [5, 5.41) is 22.8. The number of hydrogen-bond acceptors (Lipinski definition) is 5. The van der Waals surface area contributed by atoms with E-state index in [9.17, 15) is 28.4 Å². The number of nitrogens with zero attached hydrogens (tertiary/aromatic N) is 2. The number of carbonyl (C=O) groups excluding carboxylic acids is 1. The Hall–Kier alpha value is -3.04. The summed E-state index contributed by atoms with van der Waals surface area (Å²) in [7, 11) is 2.00.